The zero-order valence-electron chi connectivity index (χ0n) is 9.62. The van der Waals surface area contributed by atoms with Crippen molar-refractivity contribution in [1.82, 2.24) is 10.3 Å². The van der Waals surface area contributed by atoms with E-state index in [0.29, 0.717) is 5.69 Å². The van der Waals surface area contributed by atoms with E-state index in [0.717, 1.165) is 15.4 Å². The summed E-state index contributed by atoms with van der Waals surface area (Å²) in [5.74, 6) is -0.824. The van der Waals surface area contributed by atoms with Crippen LogP contribution in [0.25, 0.3) is 10.9 Å². The van der Waals surface area contributed by atoms with Crippen molar-refractivity contribution in [2.24, 2.45) is 0 Å². The van der Waals surface area contributed by atoms with Gasteiger partial charge >= 0.3 is 5.97 Å². The zero-order valence-corrected chi connectivity index (χ0v) is 11.2. The first-order chi connectivity index (χ1) is 8.60. The third-order valence-corrected chi connectivity index (χ3v) is 2.94. The fraction of sp³-hybridized carbons (Fsp3) is 0.167. The molecular formula is C12H11BrN2O3. The van der Waals surface area contributed by atoms with Crippen molar-refractivity contribution >= 4 is 38.7 Å². The molecule has 0 unspecified atom stereocenters. The Balaban J connectivity index is 2.15. The Morgan fingerprint density at radius 1 is 1.39 bits per heavy atom. The number of nitrogens with one attached hydrogen (secondary N) is 2. The van der Waals surface area contributed by atoms with Gasteiger partial charge in [-0.05, 0) is 18.2 Å². The molecule has 0 bridgehead atoms. The summed E-state index contributed by atoms with van der Waals surface area (Å²) in [6, 6.07) is 7.40. The van der Waals surface area contributed by atoms with Crippen LogP contribution < -0.4 is 5.32 Å². The van der Waals surface area contributed by atoms with Gasteiger partial charge in [-0.3, -0.25) is 9.59 Å². The first kappa shape index (κ1) is 12.6. The van der Waals surface area contributed by atoms with Crippen molar-refractivity contribution in [3.63, 3.8) is 0 Å². The highest BCUT2D eigenvalue weighted by Crippen LogP contribution is 2.20. The SMILES string of the molecule is COC(=O)CNC(=O)c1cc2ccc(Br)cc2[nH]1. The lowest BCUT2D eigenvalue weighted by atomic mass is 10.2. The lowest BCUT2D eigenvalue weighted by Gasteiger charge is -2.01. The van der Waals surface area contributed by atoms with Gasteiger partial charge in [-0.15, -0.1) is 0 Å². The van der Waals surface area contributed by atoms with E-state index >= 15 is 0 Å². The Morgan fingerprint density at radius 2 is 2.17 bits per heavy atom. The van der Waals surface area contributed by atoms with E-state index in [2.05, 4.69) is 31.0 Å². The summed E-state index contributed by atoms with van der Waals surface area (Å²) in [4.78, 5) is 25.7. The van der Waals surface area contributed by atoms with E-state index in [1.54, 1.807) is 6.07 Å². The van der Waals surface area contributed by atoms with Gasteiger partial charge in [0.05, 0.1) is 7.11 Å². The predicted molar refractivity (Wildman–Crippen MR) is 70.3 cm³/mol. The minimum absolute atomic E-state index is 0.144. The van der Waals surface area contributed by atoms with E-state index in [1.807, 2.05) is 18.2 Å². The topological polar surface area (TPSA) is 71.2 Å². The predicted octanol–water partition coefficient (Wildman–Crippen LogP) is 1.83. The number of rotatable bonds is 3. The normalized spacial score (nSPS) is 10.3. The largest absolute Gasteiger partial charge is 0.468 e. The second-order valence-corrected chi connectivity index (χ2v) is 4.59. The number of esters is 1. The van der Waals surface area contributed by atoms with Crippen LogP contribution in [0.3, 0.4) is 0 Å². The number of carbonyl (C=O) groups excluding carboxylic acids is 2. The summed E-state index contributed by atoms with van der Waals surface area (Å²) in [5, 5.41) is 3.40. The fourth-order valence-electron chi connectivity index (χ4n) is 1.54. The molecule has 18 heavy (non-hydrogen) atoms. The quantitative estimate of drug-likeness (QED) is 0.850. The molecule has 0 spiro atoms. The van der Waals surface area contributed by atoms with Gasteiger partial charge in [0.2, 0.25) is 0 Å². The molecule has 0 radical (unpaired) electrons. The highest BCUT2D eigenvalue weighted by atomic mass is 79.9. The van der Waals surface area contributed by atoms with Gasteiger partial charge in [-0.25, -0.2) is 0 Å². The Morgan fingerprint density at radius 3 is 2.89 bits per heavy atom. The van der Waals surface area contributed by atoms with Gasteiger partial charge in [0.1, 0.15) is 12.2 Å². The summed E-state index contributed by atoms with van der Waals surface area (Å²) >= 11 is 3.36. The van der Waals surface area contributed by atoms with Gasteiger partial charge in [-0.1, -0.05) is 22.0 Å². The van der Waals surface area contributed by atoms with Crippen LogP contribution in [0.1, 0.15) is 10.5 Å². The van der Waals surface area contributed by atoms with E-state index in [9.17, 15) is 9.59 Å². The number of hydrogen-bond donors (Lipinski definition) is 2. The highest BCUT2D eigenvalue weighted by molar-refractivity contribution is 9.10. The van der Waals surface area contributed by atoms with Crippen molar-refractivity contribution in [3.8, 4) is 0 Å². The number of methoxy groups -OCH3 is 1. The molecule has 1 heterocycles. The number of aromatic amines is 1. The van der Waals surface area contributed by atoms with Crippen molar-refractivity contribution in [1.29, 1.82) is 0 Å². The van der Waals surface area contributed by atoms with Crippen LogP contribution in [0, 0.1) is 0 Å². The Bertz CT molecular complexity index is 606. The molecule has 2 N–H and O–H groups in total. The average molecular weight is 311 g/mol. The third-order valence-electron chi connectivity index (χ3n) is 2.45. The number of H-pyrrole nitrogens is 1. The first-order valence-electron chi connectivity index (χ1n) is 5.23. The van der Waals surface area contributed by atoms with E-state index in [-0.39, 0.29) is 12.5 Å². The number of fused-ring (bicyclic) bond motifs is 1. The standard InChI is InChI=1S/C12H11BrN2O3/c1-18-11(16)6-14-12(17)10-4-7-2-3-8(13)5-9(7)15-10/h2-5,15H,6H2,1H3,(H,14,17). The molecule has 0 saturated heterocycles. The molecule has 0 saturated carbocycles. The smallest absolute Gasteiger partial charge is 0.325 e. The molecule has 6 heteroatoms. The van der Waals surface area contributed by atoms with Crippen LogP contribution in [-0.2, 0) is 9.53 Å². The van der Waals surface area contributed by atoms with E-state index < -0.39 is 5.97 Å². The molecule has 94 valence electrons. The minimum atomic E-state index is -0.484. The second kappa shape index (κ2) is 5.22. The maximum Gasteiger partial charge on any atom is 0.325 e. The Labute approximate surface area is 112 Å². The monoisotopic (exact) mass is 310 g/mol. The van der Waals surface area contributed by atoms with Gasteiger partial charge in [-0.2, -0.15) is 0 Å². The first-order valence-corrected chi connectivity index (χ1v) is 6.03. The van der Waals surface area contributed by atoms with Gasteiger partial charge < -0.3 is 15.0 Å². The minimum Gasteiger partial charge on any atom is -0.468 e. The average Bonchev–Trinajstić information content (AvgIpc) is 2.78. The van der Waals surface area contributed by atoms with Crippen LogP contribution in [0.15, 0.2) is 28.7 Å². The molecule has 0 fully saturated rings. The van der Waals surface area contributed by atoms with Crippen molar-refractivity contribution in [3.05, 3.63) is 34.4 Å². The Kier molecular flexibility index (Phi) is 3.66. The molecule has 0 aliphatic carbocycles. The number of halogens is 1. The molecule has 1 aromatic heterocycles. The lowest BCUT2D eigenvalue weighted by molar-refractivity contribution is -0.139. The molecule has 2 aromatic rings. The maximum absolute atomic E-state index is 11.8. The number of carbonyl (C=O) groups is 2. The highest BCUT2D eigenvalue weighted by Gasteiger charge is 2.11. The van der Waals surface area contributed by atoms with E-state index in [4.69, 9.17) is 0 Å². The summed E-state index contributed by atoms with van der Waals surface area (Å²) in [7, 11) is 1.27. The number of ether oxygens (including phenoxy) is 1. The third kappa shape index (κ3) is 2.70. The molecular weight excluding hydrogens is 300 g/mol. The van der Waals surface area contributed by atoms with Crippen molar-refractivity contribution < 1.29 is 14.3 Å². The molecule has 0 aliphatic heterocycles. The van der Waals surface area contributed by atoms with Crippen LogP contribution in [0.5, 0.6) is 0 Å². The molecule has 2 rings (SSSR count). The summed E-state index contributed by atoms with van der Waals surface area (Å²) < 4.78 is 5.37. The van der Waals surface area contributed by atoms with Crippen LogP contribution in [0.4, 0.5) is 0 Å². The maximum atomic E-state index is 11.8. The van der Waals surface area contributed by atoms with Gasteiger partial charge in [0.25, 0.3) is 5.91 Å². The molecule has 1 aromatic carbocycles. The summed E-state index contributed by atoms with van der Waals surface area (Å²) in [6.07, 6.45) is 0. The van der Waals surface area contributed by atoms with Crippen LogP contribution >= 0.6 is 15.9 Å². The van der Waals surface area contributed by atoms with Gasteiger partial charge in [0.15, 0.2) is 0 Å². The lowest BCUT2D eigenvalue weighted by Crippen LogP contribution is -2.30. The number of hydrogen-bond acceptors (Lipinski definition) is 3. The van der Waals surface area contributed by atoms with Crippen LogP contribution in [-0.4, -0.2) is 30.5 Å². The van der Waals surface area contributed by atoms with Crippen LogP contribution in [0.2, 0.25) is 0 Å². The van der Waals surface area contributed by atoms with Crippen molar-refractivity contribution in [2.75, 3.05) is 13.7 Å². The Hall–Kier alpha value is -1.82. The zero-order chi connectivity index (χ0) is 13.1. The molecule has 0 aliphatic rings. The molecule has 5 nitrogen and oxygen atoms in total. The summed E-state index contributed by atoms with van der Waals surface area (Å²) in [6.45, 7) is -0.144. The molecule has 1 amide bonds. The summed E-state index contributed by atoms with van der Waals surface area (Å²) in [5.41, 5.74) is 1.26. The number of benzene rings is 1. The number of aromatic nitrogens is 1. The molecule has 0 atom stereocenters. The second-order valence-electron chi connectivity index (χ2n) is 3.67. The van der Waals surface area contributed by atoms with Gasteiger partial charge in [0, 0.05) is 15.4 Å². The van der Waals surface area contributed by atoms with E-state index in [1.165, 1.54) is 7.11 Å². The number of amides is 1. The fourth-order valence-corrected chi connectivity index (χ4v) is 1.90. The van der Waals surface area contributed by atoms with Crippen molar-refractivity contribution in [2.45, 2.75) is 0 Å².